The van der Waals surface area contributed by atoms with E-state index in [9.17, 15) is 37.3 Å². The molecule has 6 atom stereocenters. The van der Waals surface area contributed by atoms with Crippen molar-refractivity contribution in [1.29, 1.82) is 0 Å². The van der Waals surface area contributed by atoms with Crippen LogP contribution in [0.15, 0.2) is 17.1 Å². The molecule has 0 radical (unpaired) electrons. The number of hydrogen-bond acceptors (Lipinski definition) is 11. The van der Waals surface area contributed by atoms with Gasteiger partial charge in [0.15, 0.2) is 12.2 Å². The van der Waals surface area contributed by atoms with Crippen LogP contribution in [0, 0.1) is 12.3 Å². The van der Waals surface area contributed by atoms with E-state index in [1.165, 1.54) is 0 Å². The van der Waals surface area contributed by atoms with Gasteiger partial charge < -0.3 is 35.2 Å². The number of phosphoric ester groups is 1. The molecule has 0 bridgehead atoms. The number of alkyl halides is 2. The van der Waals surface area contributed by atoms with Gasteiger partial charge in [0.05, 0.1) is 0 Å². The number of nitrogens with zero attached hydrogens (tertiary/aromatic N) is 2. The molecular weight excluding hydrogens is 513 g/mol. The van der Waals surface area contributed by atoms with Crippen molar-refractivity contribution in [3.63, 3.8) is 0 Å². The van der Waals surface area contributed by atoms with Crippen LogP contribution in [-0.2, 0) is 31.6 Å². The number of aromatic nitrogens is 2. The predicted octanol–water partition coefficient (Wildman–Crippen LogP) is -0.936. The molecule has 1 aliphatic rings. The number of ether oxygens (including phenoxy) is 1. The van der Waals surface area contributed by atoms with E-state index in [4.69, 9.17) is 31.6 Å². The molecule has 0 spiro atoms. The van der Waals surface area contributed by atoms with Crippen LogP contribution in [0.3, 0.4) is 0 Å². The Bertz CT molecular complexity index is 1120. The maximum Gasteiger partial charge on any atom is 0.490 e. The van der Waals surface area contributed by atoms with Crippen molar-refractivity contribution < 1.29 is 65.0 Å². The van der Waals surface area contributed by atoms with E-state index < -0.39 is 59.6 Å². The number of terminal acetylenes is 1. The van der Waals surface area contributed by atoms with Gasteiger partial charge in [0.25, 0.3) is 0 Å². The molecule has 1 fully saturated rings. The summed E-state index contributed by atoms with van der Waals surface area (Å²) >= 11 is 0. The van der Waals surface area contributed by atoms with Crippen molar-refractivity contribution in [2.24, 2.45) is 0 Å². The third kappa shape index (κ3) is 6.27. The molecule has 16 nitrogen and oxygen atoms in total. The minimum absolute atomic E-state index is 0.234. The van der Waals surface area contributed by atoms with Gasteiger partial charge in [0.1, 0.15) is 11.9 Å². The van der Waals surface area contributed by atoms with Gasteiger partial charge >= 0.3 is 35.1 Å². The number of aliphatic hydroxyl groups excluding tert-OH is 1. The summed E-state index contributed by atoms with van der Waals surface area (Å²) in [6.45, 7) is 0. The van der Waals surface area contributed by atoms with E-state index in [-0.39, 0.29) is 10.4 Å². The number of aliphatic hydroxyl groups is 1. The Morgan fingerprint density at radius 1 is 1.25 bits per heavy atom. The zero-order chi connectivity index (χ0) is 24.7. The molecule has 180 valence electrons. The van der Waals surface area contributed by atoms with Crippen LogP contribution in [0.2, 0.25) is 0 Å². The Balaban J connectivity index is 2.28. The SMILES string of the molecule is C#C[C@H](OP(=O)(O)OP(=O)(O)OP(=O)(O)O)[C@H]1O[C@@H](n2ccc(N)nc2=O)C(F)(F)[C@@H]1O. The maximum absolute atomic E-state index is 14.5. The minimum Gasteiger partial charge on any atom is -0.384 e. The van der Waals surface area contributed by atoms with Crippen LogP contribution >= 0.6 is 23.5 Å². The fourth-order valence-electron chi connectivity index (χ4n) is 2.40. The van der Waals surface area contributed by atoms with Crippen LogP contribution in [0.4, 0.5) is 14.6 Å². The largest absolute Gasteiger partial charge is 0.490 e. The lowest BCUT2D eigenvalue weighted by molar-refractivity contribution is -0.141. The molecule has 1 aromatic rings. The first-order valence-electron chi connectivity index (χ1n) is 7.73. The molecular formula is C11H14F2N3O13P3. The molecule has 0 aromatic carbocycles. The lowest BCUT2D eigenvalue weighted by atomic mass is 10.1. The molecule has 2 unspecified atom stereocenters. The number of halogens is 2. The third-order valence-electron chi connectivity index (χ3n) is 3.55. The smallest absolute Gasteiger partial charge is 0.384 e. The molecule has 7 N–H and O–H groups in total. The molecule has 1 aromatic heterocycles. The Morgan fingerprint density at radius 2 is 1.84 bits per heavy atom. The van der Waals surface area contributed by atoms with Crippen LogP contribution < -0.4 is 11.4 Å². The van der Waals surface area contributed by atoms with Gasteiger partial charge in [-0.3, -0.25) is 9.09 Å². The Morgan fingerprint density at radius 3 is 2.34 bits per heavy atom. The predicted molar refractivity (Wildman–Crippen MR) is 95.3 cm³/mol. The van der Waals surface area contributed by atoms with E-state index >= 15 is 0 Å². The molecule has 1 saturated heterocycles. The standard InChI is InChI=1S/C11H14F2N3O13P3/c1-2-5(27-31(22,23)29-32(24,25)28-30(19,20)21)7-8(17)11(12,13)9(26-7)16-4-3-6(14)15-10(16)18/h1,3-5,7-9,17H,(H,22,23)(H,24,25)(H2,14,15,18)(H2,19,20,21)/t5-,7+,8+,9+/m0/s1. The highest BCUT2D eigenvalue weighted by molar-refractivity contribution is 7.66. The third-order valence-corrected chi connectivity index (χ3v) is 7.37. The molecule has 0 aliphatic carbocycles. The van der Waals surface area contributed by atoms with Gasteiger partial charge in [-0.1, -0.05) is 5.92 Å². The van der Waals surface area contributed by atoms with E-state index in [1.54, 1.807) is 5.92 Å². The van der Waals surface area contributed by atoms with Crippen molar-refractivity contribution in [1.82, 2.24) is 9.55 Å². The number of nitrogens with two attached hydrogens (primary N) is 1. The maximum atomic E-state index is 14.5. The average Bonchev–Trinajstić information content (AvgIpc) is 2.80. The number of rotatable bonds is 8. The van der Waals surface area contributed by atoms with Gasteiger partial charge in [0, 0.05) is 6.20 Å². The minimum atomic E-state index is -5.93. The first-order chi connectivity index (χ1) is 14.4. The number of hydrogen-bond donors (Lipinski definition) is 6. The molecule has 2 heterocycles. The lowest BCUT2D eigenvalue weighted by Gasteiger charge is -2.24. The summed E-state index contributed by atoms with van der Waals surface area (Å²) in [6, 6.07) is 0.950. The van der Waals surface area contributed by atoms with Gasteiger partial charge in [-0.15, -0.1) is 6.42 Å². The van der Waals surface area contributed by atoms with Gasteiger partial charge in [0.2, 0.25) is 6.23 Å². The molecule has 21 heteroatoms. The topological polar surface area (TPSA) is 250 Å². The van der Waals surface area contributed by atoms with E-state index in [2.05, 4.69) is 18.1 Å². The zero-order valence-electron chi connectivity index (χ0n) is 15.1. The first-order valence-corrected chi connectivity index (χ1v) is 12.2. The molecule has 1 aliphatic heterocycles. The summed E-state index contributed by atoms with van der Waals surface area (Å²) in [5.41, 5.74) is 3.94. The second-order valence-electron chi connectivity index (χ2n) is 5.90. The van der Waals surface area contributed by atoms with Crippen molar-refractivity contribution in [2.45, 2.75) is 30.5 Å². The summed E-state index contributed by atoms with van der Waals surface area (Å²) in [5.74, 6) is -3.01. The highest BCUT2D eigenvalue weighted by Crippen LogP contribution is 2.66. The molecule has 0 saturated carbocycles. The van der Waals surface area contributed by atoms with Crippen molar-refractivity contribution in [3.05, 3.63) is 22.7 Å². The van der Waals surface area contributed by atoms with Crippen molar-refractivity contribution in [3.8, 4) is 12.3 Å². The van der Waals surface area contributed by atoms with Crippen LogP contribution in [0.5, 0.6) is 0 Å². The van der Waals surface area contributed by atoms with Gasteiger partial charge in [-0.05, 0) is 6.07 Å². The van der Waals surface area contributed by atoms with Crippen LogP contribution in [0.25, 0.3) is 0 Å². The highest BCUT2D eigenvalue weighted by Gasteiger charge is 2.62. The number of phosphoric acid groups is 3. The van der Waals surface area contributed by atoms with Crippen molar-refractivity contribution in [2.75, 3.05) is 5.73 Å². The van der Waals surface area contributed by atoms with E-state index in [0.717, 1.165) is 12.3 Å². The van der Waals surface area contributed by atoms with Crippen LogP contribution in [0.1, 0.15) is 6.23 Å². The summed E-state index contributed by atoms with van der Waals surface area (Å²) in [4.78, 5) is 50.6. The second kappa shape index (κ2) is 8.99. The summed E-state index contributed by atoms with van der Waals surface area (Å²) < 4.78 is 79.2. The van der Waals surface area contributed by atoms with Gasteiger partial charge in [-0.2, -0.15) is 22.4 Å². The normalized spacial score (nSPS) is 27.8. The fourth-order valence-corrected chi connectivity index (χ4v) is 5.53. The number of anilines is 1. The van der Waals surface area contributed by atoms with E-state index in [1.807, 2.05) is 0 Å². The fraction of sp³-hybridized carbons (Fsp3) is 0.455. The monoisotopic (exact) mass is 527 g/mol. The Kier molecular flexibility index (Phi) is 7.50. The second-order valence-corrected chi connectivity index (χ2v) is 10.3. The Hall–Kier alpha value is -1.57. The Labute approximate surface area is 176 Å². The highest BCUT2D eigenvalue weighted by atomic mass is 31.3. The molecule has 0 amide bonds. The molecule has 32 heavy (non-hydrogen) atoms. The first kappa shape index (κ1) is 26.7. The van der Waals surface area contributed by atoms with Gasteiger partial charge in [-0.25, -0.2) is 18.5 Å². The van der Waals surface area contributed by atoms with Crippen LogP contribution in [-0.4, -0.2) is 58.5 Å². The zero-order valence-corrected chi connectivity index (χ0v) is 17.8. The lowest BCUT2D eigenvalue weighted by Crippen LogP contribution is -2.43. The molecule has 2 rings (SSSR count). The number of nitrogen functional groups attached to an aromatic ring is 1. The summed E-state index contributed by atoms with van der Waals surface area (Å²) in [7, 11) is -17.5. The van der Waals surface area contributed by atoms with Crippen molar-refractivity contribution >= 4 is 29.3 Å². The quantitative estimate of drug-likeness (QED) is 0.176. The summed E-state index contributed by atoms with van der Waals surface area (Å²) in [6.07, 6.45) is -4.32. The van der Waals surface area contributed by atoms with E-state index in [0.29, 0.717) is 0 Å². The summed E-state index contributed by atoms with van der Waals surface area (Å²) in [5, 5.41) is 9.92. The average molecular weight is 527 g/mol.